The number of anilines is 1. The average Bonchev–Trinajstić information content (AvgIpc) is 2.92. The van der Waals surface area contributed by atoms with E-state index in [1.165, 1.54) is 18.3 Å². The molecule has 20 heavy (non-hydrogen) atoms. The number of aliphatic hydroxyl groups is 1. The van der Waals surface area contributed by atoms with E-state index in [-0.39, 0.29) is 12.2 Å². The van der Waals surface area contributed by atoms with E-state index in [0.717, 1.165) is 11.5 Å². The van der Waals surface area contributed by atoms with Crippen molar-refractivity contribution in [1.82, 2.24) is 9.59 Å². The van der Waals surface area contributed by atoms with Crippen LogP contribution in [0.4, 0.5) is 9.39 Å². The second kappa shape index (κ2) is 6.75. The van der Waals surface area contributed by atoms with Crippen LogP contribution in [0.15, 0.2) is 24.4 Å². The molecule has 2 N–H and O–H groups in total. The highest BCUT2D eigenvalue weighted by molar-refractivity contribution is 7.10. The summed E-state index contributed by atoms with van der Waals surface area (Å²) in [5, 5.41) is 15.1. The fourth-order valence-electron chi connectivity index (χ4n) is 1.40. The fraction of sp³-hybridized carbons (Fsp3) is 0.154. The van der Waals surface area contributed by atoms with Gasteiger partial charge < -0.3 is 10.4 Å². The van der Waals surface area contributed by atoms with Gasteiger partial charge in [0.05, 0.1) is 18.4 Å². The zero-order valence-corrected chi connectivity index (χ0v) is 11.1. The van der Waals surface area contributed by atoms with Crippen LogP contribution in [-0.4, -0.2) is 27.2 Å². The molecule has 0 atom stereocenters. The Morgan fingerprint density at radius 2 is 2.35 bits per heavy atom. The van der Waals surface area contributed by atoms with E-state index >= 15 is 0 Å². The van der Waals surface area contributed by atoms with E-state index in [1.54, 1.807) is 6.07 Å². The summed E-state index contributed by atoms with van der Waals surface area (Å²) in [5.41, 5.74) is 0.373. The number of nitrogens with one attached hydrogen (secondary N) is 1. The van der Waals surface area contributed by atoms with E-state index in [0.29, 0.717) is 17.0 Å². The van der Waals surface area contributed by atoms with Crippen molar-refractivity contribution in [3.05, 3.63) is 41.3 Å². The molecule has 0 saturated carbocycles. The van der Waals surface area contributed by atoms with Gasteiger partial charge in [-0.05, 0) is 18.2 Å². The van der Waals surface area contributed by atoms with E-state index < -0.39 is 11.7 Å². The molecule has 0 aliphatic carbocycles. The third kappa shape index (κ3) is 3.60. The summed E-state index contributed by atoms with van der Waals surface area (Å²) in [5.74, 6) is 4.16. The number of carbonyl (C=O) groups excluding carboxylic acids is 1. The molecule has 1 amide bonds. The van der Waals surface area contributed by atoms with Gasteiger partial charge in [0.25, 0.3) is 5.91 Å². The van der Waals surface area contributed by atoms with Crippen molar-refractivity contribution in [3.63, 3.8) is 0 Å². The van der Waals surface area contributed by atoms with Crippen LogP contribution in [-0.2, 0) is 0 Å². The Morgan fingerprint density at radius 1 is 1.50 bits per heavy atom. The Balaban J connectivity index is 2.13. The maximum absolute atomic E-state index is 13.8. The SMILES string of the molecule is O=C(Nc1cnns1)c1ccc(C#CCCO)cc1F. The average molecular weight is 291 g/mol. The third-order valence-electron chi connectivity index (χ3n) is 2.28. The van der Waals surface area contributed by atoms with Crippen LogP contribution in [0, 0.1) is 17.7 Å². The van der Waals surface area contributed by atoms with Crippen molar-refractivity contribution in [1.29, 1.82) is 0 Å². The molecule has 7 heteroatoms. The molecule has 0 radical (unpaired) electrons. The highest BCUT2D eigenvalue weighted by atomic mass is 32.1. The predicted molar refractivity (Wildman–Crippen MR) is 72.8 cm³/mol. The third-order valence-corrected chi connectivity index (χ3v) is 2.86. The van der Waals surface area contributed by atoms with E-state index in [1.807, 2.05) is 0 Å². The van der Waals surface area contributed by atoms with Crippen LogP contribution in [0.2, 0.25) is 0 Å². The summed E-state index contributed by atoms with van der Waals surface area (Å²) >= 11 is 1.01. The maximum atomic E-state index is 13.8. The number of rotatable bonds is 3. The first-order valence-electron chi connectivity index (χ1n) is 5.68. The molecule has 0 bridgehead atoms. The number of carbonyl (C=O) groups is 1. The monoisotopic (exact) mass is 291 g/mol. The number of hydrogen-bond acceptors (Lipinski definition) is 5. The molecule has 0 aliphatic rings. The second-order valence-electron chi connectivity index (χ2n) is 3.71. The standard InChI is InChI=1S/C13H10FN3O2S/c14-11-7-9(3-1-2-6-18)4-5-10(11)13(19)16-12-8-15-17-20-12/h4-5,7-8,18H,2,6H2,(H,16,19). The highest BCUT2D eigenvalue weighted by Gasteiger charge is 2.13. The Morgan fingerprint density at radius 3 is 3.00 bits per heavy atom. The number of aromatic nitrogens is 2. The molecule has 102 valence electrons. The van der Waals surface area contributed by atoms with Gasteiger partial charge in [0.15, 0.2) is 0 Å². The Bertz CT molecular complexity index is 662. The van der Waals surface area contributed by atoms with Crippen LogP contribution in [0.25, 0.3) is 0 Å². The smallest absolute Gasteiger partial charge is 0.259 e. The first-order chi connectivity index (χ1) is 9.70. The lowest BCUT2D eigenvalue weighted by Crippen LogP contribution is -2.13. The molecule has 0 unspecified atom stereocenters. The van der Waals surface area contributed by atoms with E-state index in [4.69, 9.17) is 5.11 Å². The minimum absolute atomic E-state index is 0.0428. The van der Waals surface area contributed by atoms with Gasteiger partial charge in [-0.25, -0.2) is 4.39 Å². The molecule has 1 aromatic carbocycles. The fourth-order valence-corrected chi connectivity index (χ4v) is 1.81. The first-order valence-corrected chi connectivity index (χ1v) is 6.46. The van der Waals surface area contributed by atoms with E-state index in [2.05, 4.69) is 26.7 Å². The summed E-state index contributed by atoms with van der Waals surface area (Å²) in [6.45, 7) is -0.0428. The molecule has 5 nitrogen and oxygen atoms in total. The zero-order chi connectivity index (χ0) is 14.4. The normalized spacial score (nSPS) is 9.70. The topological polar surface area (TPSA) is 75.1 Å². The lowest BCUT2D eigenvalue weighted by atomic mass is 10.1. The molecule has 2 aromatic rings. The highest BCUT2D eigenvalue weighted by Crippen LogP contribution is 2.15. The van der Waals surface area contributed by atoms with Crippen molar-refractivity contribution < 1.29 is 14.3 Å². The number of halogens is 1. The number of aliphatic hydroxyl groups excluding tert-OH is 1. The summed E-state index contributed by atoms with van der Waals surface area (Å²) in [7, 11) is 0. The van der Waals surface area contributed by atoms with Gasteiger partial charge in [-0.1, -0.05) is 16.3 Å². The van der Waals surface area contributed by atoms with Gasteiger partial charge >= 0.3 is 0 Å². The Kier molecular flexibility index (Phi) is 4.76. The van der Waals surface area contributed by atoms with Gasteiger partial charge in [-0.2, -0.15) is 0 Å². The Hall–Kier alpha value is -2.30. The van der Waals surface area contributed by atoms with Crippen molar-refractivity contribution in [2.24, 2.45) is 0 Å². The number of amides is 1. The van der Waals surface area contributed by atoms with Gasteiger partial charge in [-0.3, -0.25) is 4.79 Å². The van der Waals surface area contributed by atoms with Crippen molar-refractivity contribution in [2.75, 3.05) is 11.9 Å². The minimum atomic E-state index is -0.657. The molecule has 0 spiro atoms. The van der Waals surface area contributed by atoms with Gasteiger partial charge in [0.1, 0.15) is 10.8 Å². The van der Waals surface area contributed by atoms with Crippen LogP contribution in [0.1, 0.15) is 22.3 Å². The largest absolute Gasteiger partial charge is 0.395 e. The second-order valence-corrected chi connectivity index (χ2v) is 4.49. The molecule has 0 saturated heterocycles. The lowest BCUT2D eigenvalue weighted by molar-refractivity contribution is 0.102. The van der Waals surface area contributed by atoms with Crippen LogP contribution in [0.3, 0.4) is 0 Å². The molecule has 2 rings (SSSR count). The van der Waals surface area contributed by atoms with Crippen LogP contribution < -0.4 is 5.32 Å². The lowest BCUT2D eigenvalue weighted by Gasteiger charge is -2.03. The van der Waals surface area contributed by atoms with Crippen LogP contribution in [0.5, 0.6) is 0 Å². The predicted octanol–water partition coefficient (Wildman–Crippen LogP) is 1.66. The maximum Gasteiger partial charge on any atom is 0.259 e. The first kappa shape index (κ1) is 14.1. The minimum Gasteiger partial charge on any atom is -0.395 e. The van der Waals surface area contributed by atoms with Crippen LogP contribution >= 0.6 is 11.5 Å². The summed E-state index contributed by atoms with van der Waals surface area (Å²) < 4.78 is 17.4. The molecule has 0 aliphatic heterocycles. The van der Waals surface area contributed by atoms with Crippen molar-refractivity contribution in [3.8, 4) is 11.8 Å². The number of nitrogens with zero attached hydrogens (tertiary/aromatic N) is 2. The van der Waals surface area contributed by atoms with Crippen molar-refractivity contribution in [2.45, 2.75) is 6.42 Å². The summed E-state index contributed by atoms with van der Waals surface area (Å²) in [6.07, 6.45) is 1.71. The zero-order valence-electron chi connectivity index (χ0n) is 10.3. The van der Waals surface area contributed by atoms with Crippen molar-refractivity contribution >= 4 is 22.4 Å². The van der Waals surface area contributed by atoms with Gasteiger partial charge in [0, 0.05) is 23.5 Å². The number of benzene rings is 1. The molecule has 1 aromatic heterocycles. The van der Waals surface area contributed by atoms with E-state index in [9.17, 15) is 9.18 Å². The number of hydrogen-bond donors (Lipinski definition) is 2. The van der Waals surface area contributed by atoms with Gasteiger partial charge in [-0.15, -0.1) is 5.10 Å². The summed E-state index contributed by atoms with van der Waals surface area (Å²) in [6, 6.07) is 4.10. The molecular formula is C13H10FN3O2S. The quantitative estimate of drug-likeness (QED) is 0.843. The molecule has 0 fully saturated rings. The van der Waals surface area contributed by atoms with Gasteiger partial charge in [0.2, 0.25) is 0 Å². The molecule has 1 heterocycles. The Labute approximate surface area is 118 Å². The summed E-state index contributed by atoms with van der Waals surface area (Å²) in [4.78, 5) is 11.8. The molecular weight excluding hydrogens is 281 g/mol.